The van der Waals surface area contributed by atoms with Gasteiger partial charge < -0.3 is 14.8 Å². The third-order valence-electron chi connectivity index (χ3n) is 7.63. The van der Waals surface area contributed by atoms with Gasteiger partial charge in [-0.2, -0.15) is 0 Å². The van der Waals surface area contributed by atoms with E-state index in [1.807, 2.05) is 23.2 Å². The third-order valence-corrected chi connectivity index (χ3v) is 7.63. The number of carbonyl (C=O) groups excluding carboxylic acids is 2. The molecular weight excluding hydrogens is 424 g/mol. The van der Waals surface area contributed by atoms with Crippen molar-refractivity contribution in [1.82, 2.24) is 19.8 Å². The van der Waals surface area contributed by atoms with Crippen LogP contribution in [0.3, 0.4) is 0 Å². The molecular formula is C28H32N4O2. The molecule has 1 N–H and O–H groups in total. The first-order valence-electron chi connectivity index (χ1n) is 12.3. The Hall–Kier alpha value is -3.41. The molecule has 2 aromatic carbocycles. The van der Waals surface area contributed by atoms with Gasteiger partial charge in [-0.3, -0.25) is 9.59 Å². The van der Waals surface area contributed by atoms with Crippen molar-refractivity contribution >= 4 is 11.8 Å². The molecule has 6 nitrogen and oxygen atoms in total. The van der Waals surface area contributed by atoms with E-state index < -0.39 is 0 Å². The summed E-state index contributed by atoms with van der Waals surface area (Å²) in [5.74, 6) is 0.659. The van der Waals surface area contributed by atoms with Gasteiger partial charge in [-0.15, -0.1) is 0 Å². The van der Waals surface area contributed by atoms with Crippen molar-refractivity contribution < 1.29 is 9.59 Å². The van der Waals surface area contributed by atoms with E-state index in [4.69, 9.17) is 0 Å². The van der Waals surface area contributed by atoms with Gasteiger partial charge in [0.25, 0.3) is 0 Å². The summed E-state index contributed by atoms with van der Waals surface area (Å²) < 4.78 is 1.80. The van der Waals surface area contributed by atoms with E-state index in [1.165, 1.54) is 11.1 Å². The quantitative estimate of drug-likeness (QED) is 0.560. The van der Waals surface area contributed by atoms with Crippen molar-refractivity contribution in [1.29, 1.82) is 0 Å². The van der Waals surface area contributed by atoms with Crippen LogP contribution in [0.15, 0.2) is 79.4 Å². The maximum Gasteiger partial charge on any atom is 0.242 e. The Balaban J connectivity index is 1.11. The smallest absolute Gasteiger partial charge is 0.242 e. The fourth-order valence-electron chi connectivity index (χ4n) is 5.47. The molecule has 1 aromatic heterocycles. The Kier molecular flexibility index (Phi) is 6.48. The van der Waals surface area contributed by atoms with Crippen LogP contribution in [0.2, 0.25) is 0 Å². The summed E-state index contributed by atoms with van der Waals surface area (Å²) >= 11 is 0. The molecule has 5 rings (SSSR count). The van der Waals surface area contributed by atoms with E-state index in [9.17, 15) is 9.59 Å². The van der Waals surface area contributed by atoms with E-state index in [0.717, 1.165) is 38.8 Å². The molecule has 3 aromatic rings. The molecule has 1 saturated heterocycles. The lowest BCUT2D eigenvalue weighted by Gasteiger charge is -2.33. The first-order valence-corrected chi connectivity index (χ1v) is 12.3. The zero-order chi connectivity index (χ0) is 23.4. The minimum Gasteiger partial charge on any atom is -0.356 e. The number of aromatic nitrogens is 2. The molecule has 1 saturated carbocycles. The third kappa shape index (κ3) is 4.91. The van der Waals surface area contributed by atoms with Crippen LogP contribution < -0.4 is 5.32 Å². The van der Waals surface area contributed by atoms with Crippen LogP contribution in [0.25, 0.3) is 0 Å². The van der Waals surface area contributed by atoms with Gasteiger partial charge in [0.15, 0.2) is 0 Å². The summed E-state index contributed by atoms with van der Waals surface area (Å²) in [4.78, 5) is 31.4. The van der Waals surface area contributed by atoms with Gasteiger partial charge in [0.2, 0.25) is 11.8 Å². The molecule has 2 aliphatic rings. The summed E-state index contributed by atoms with van der Waals surface area (Å²) in [5.41, 5.74) is 2.64. The number of carbonyl (C=O) groups is 2. The molecule has 0 radical (unpaired) electrons. The lowest BCUT2D eigenvalue weighted by Crippen LogP contribution is -2.42. The molecule has 1 aliphatic heterocycles. The van der Waals surface area contributed by atoms with Crippen molar-refractivity contribution in [3.8, 4) is 0 Å². The largest absolute Gasteiger partial charge is 0.356 e. The van der Waals surface area contributed by atoms with Crippen LogP contribution in [-0.4, -0.2) is 45.9 Å². The fourth-order valence-corrected chi connectivity index (χ4v) is 5.47. The number of nitrogens with zero attached hydrogens (tertiary/aromatic N) is 3. The van der Waals surface area contributed by atoms with Crippen molar-refractivity contribution in [2.24, 2.45) is 11.3 Å². The number of rotatable bonds is 8. The summed E-state index contributed by atoms with van der Waals surface area (Å²) in [7, 11) is 0. The van der Waals surface area contributed by atoms with Gasteiger partial charge >= 0.3 is 0 Å². The van der Waals surface area contributed by atoms with Crippen molar-refractivity contribution in [3.63, 3.8) is 0 Å². The van der Waals surface area contributed by atoms with Gasteiger partial charge in [0.1, 0.15) is 6.54 Å². The second-order valence-corrected chi connectivity index (χ2v) is 9.69. The Morgan fingerprint density at radius 1 is 1.00 bits per heavy atom. The number of hydrogen-bond donors (Lipinski definition) is 1. The topological polar surface area (TPSA) is 67.2 Å². The number of imidazole rings is 1. The molecule has 6 heteroatoms. The Morgan fingerprint density at radius 2 is 1.65 bits per heavy atom. The second kappa shape index (κ2) is 9.84. The maximum absolute atomic E-state index is 13.0. The van der Waals surface area contributed by atoms with Gasteiger partial charge in [-0.05, 0) is 42.2 Å². The predicted molar refractivity (Wildman–Crippen MR) is 131 cm³/mol. The van der Waals surface area contributed by atoms with Crippen LogP contribution in [0.1, 0.15) is 42.7 Å². The Labute approximate surface area is 201 Å². The highest BCUT2D eigenvalue weighted by Crippen LogP contribution is 2.59. The van der Waals surface area contributed by atoms with E-state index in [1.54, 1.807) is 17.1 Å². The highest BCUT2D eigenvalue weighted by atomic mass is 16.2. The van der Waals surface area contributed by atoms with Crippen LogP contribution in [0, 0.1) is 11.3 Å². The van der Waals surface area contributed by atoms with Crippen LogP contribution in [0.4, 0.5) is 0 Å². The summed E-state index contributed by atoms with van der Waals surface area (Å²) in [5, 5.41) is 3.22. The normalized spacial score (nSPS) is 18.7. The van der Waals surface area contributed by atoms with Gasteiger partial charge in [-0.25, -0.2) is 4.98 Å². The molecule has 2 heterocycles. The van der Waals surface area contributed by atoms with Crippen molar-refractivity contribution in [3.05, 3.63) is 90.5 Å². The molecule has 176 valence electrons. The molecule has 1 unspecified atom stereocenters. The zero-order valence-electron chi connectivity index (χ0n) is 19.5. The lowest BCUT2D eigenvalue weighted by molar-refractivity contribution is -0.133. The molecule has 34 heavy (non-hydrogen) atoms. The lowest BCUT2D eigenvalue weighted by atomic mass is 9.88. The summed E-state index contributed by atoms with van der Waals surface area (Å²) in [6.45, 7) is 2.47. The number of piperidine rings is 1. The predicted octanol–water partition coefficient (Wildman–Crippen LogP) is 3.85. The molecule has 1 aliphatic carbocycles. The van der Waals surface area contributed by atoms with Crippen molar-refractivity contribution in [2.45, 2.75) is 38.1 Å². The molecule has 1 spiro atoms. The Morgan fingerprint density at radius 3 is 2.24 bits per heavy atom. The van der Waals surface area contributed by atoms with Gasteiger partial charge in [-0.1, -0.05) is 60.7 Å². The van der Waals surface area contributed by atoms with Crippen LogP contribution >= 0.6 is 0 Å². The monoisotopic (exact) mass is 456 g/mol. The standard InChI is InChI=1S/C28H32N4O2/c33-26(20-31-18-15-29-21-31)32-16-12-28(13-17-32)19-25(28)27(34)30-14-11-24(22-7-3-1-4-8-22)23-9-5-2-6-10-23/h1-10,15,18,21,24-25H,11-14,16-17,19-20H2,(H,30,34). The fraction of sp³-hybridized carbons (Fsp3) is 0.393. The van der Waals surface area contributed by atoms with E-state index in [-0.39, 0.29) is 29.1 Å². The van der Waals surface area contributed by atoms with E-state index in [2.05, 4.69) is 58.8 Å². The van der Waals surface area contributed by atoms with Gasteiger partial charge in [0.05, 0.1) is 6.33 Å². The van der Waals surface area contributed by atoms with E-state index in [0.29, 0.717) is 13.1 Å². The first kappa shape index (κ1) is 22.4. The average molecular weight is 457 g/mol. The molecule has 1 atom stereocenters. The number of likely N-dealkylation sites (tertiary alicyclic amines) is 1. The SMILES string of the molecule is O=C(NCCC(c1ccccc1)c1ccccc1)C1CC12CCN(C(=O)Cn1ccnc1)CC2. The summed E-state index contributed by atoms with van der Waals surface area (Å²) in [6.07, 6.45) is 8.82. The minimum atomic E-state index is 0.0882. The summed E-state index contributed by atoms with van der Waals surface area (Å²) in [6, 6.07) is 21.0. The van der Waals surface area contributed by atoms with E-state index >= 15 is 0 Å². The van der Waals surface area contributed by atoms with Crippen LogP contribution in [0.5, 0.6) is 0 Å². The second-order valence-electron chi connectivity index (χ2n) is 9.69. The highest BCUT2D eigenvalue weighted by molar-refractivity contribution is 5.83. The van der Waals surface area contributed by atoms with Crippen LogP contribution in [-0.2, 0) is 16.1 Å². The van der Waals surface area contributed by atoms with Gasteiger partial charge in [0, 0.05) is 43.9 Å². The zero-order valence-corrected chi connectivity index (χ0v) is 19.5. The minimum absolute atomic E-state index is 0.0882. The average Bonchev–Trinajstić information content (AvgIpc) is 3.32. The molecule has 0 bridgehead atoms. The number of benzene rings is 2. The number of nitrogens with one attached hydrogen (secondary N) is 1. The number of amides is 2. The first-order chi connectivity index (χ1) is 16.6. The molecule has 2 amide bonds. The Bertz CT molecular complexity index is 1050. The highest BCUT2D eigenvalue weighted by Gasteiger charge is 2.58. The van der Waals surface area contributed by atoms with Crippen molar-refractivity contribution in [2.75, 3.05) is 19.6 Å². The maximum atomic E-state index is 13.0. The number of hydrogen-bond acceptors (Lipinski definition) is 3. The molecule has 2 fully saturated rings.